The topological polar surface area (TPSA) is 40.5 Å². The molecule has 0 spiro atoms. The van der Waals surface area contributed by atoms with Crippen LogP contribution in [0.25, 0.3) is 0 Å². The van der Waals surface area contributed by atoms with Crippen LogP contribution in [-0.2, 0) is 0 Å². The summed E-state index contributed by atoms with van der Waals surface area (Å²) < 4.78 is 0. The lowest BCUT2D eigenvalue weighted by molar-refractivity contribution is 0.00931. The maximum atomic E-state index is 10.5. The molecule has 2 nitrogen and oxygen atoms in total. The van der Waals surface area contributed by atoms with Crippen molar-refractivity contribution in [1.82, 2.24) is 0 Å². The van der Waals surface area contributed by atoms with Crippen molar-refractivity contribution < 1.29 is 10.2 Å². The van der Waals surface area contributed by atoms with Gasteiger partial charge in [-0.2, -0.15) is 0 Å². The largest absolute Gasteiger partial charge is 0.507 e. The van der Waals surface area contributed by atoms with Gasteiger partial charge in [0.1, 0.15) is 11.4 Å². The van der Waals surface area contributed by atoms with Gasteiger partial charge in [0.15, 0.2) is 0 Å². The van der Waals surface area contributed by atoms with Crippen molar-refractivity contribution in [2.24, 2.45) is 11.8 Å². The zero-order valence-corrected chi connectivity index (χ0v) is 10.9. The molecule has 1 aromatic rings. The SMILES string of the molecule is CC(C)C(O)(C#Cc1ccccc1O)C(C)C. The number of rotatable bonds is 2. The number of hydrogen-bond acceptors (Lipinski definition) is 2. The summed E-state index contributed by atoms with van der Waals surface area (Å²) in [6.07, 6.45) is 0. The van der Waals surface area contributed by atoms with Crippen molar-refractivity contribution in [3.8, 4) is 17.6 Å². The molecule has 0 aliphatic carbocycles. The number of aromatic hydroxyl groups is 1. The first-order chi connectivity index (χ1) is 7.88. The highest BCUT2D eigenvalue weighted by molar-refractivity contribution is 5.46. The van der Waals surface area contributed by atoms with E-state index in [4.69, 9.17) is 0 Å². The fraction of sp³-hybridized carbons (Fsp3) is 0.467. The molecule has 17 heavy (non-hydrogen) atoms. The van der Waals surface area contributed by atoms with E-state index in [1.807, 2.05) is 33.8 Å². The van der Waals surface area contributed by atoms with Crippen LogP contribution in [0.15, 0.2) is 24.3 Å². The van der Waals surface area contributed by atoms with Gasteiger partial charge < -0.3 is 10.2 Å². The minimum atomic E-state index is -1.03. The van der Waals surface area contributed by atoms with E-state index in [9.17, 15) is 10.2 Å². The van der Waals surface area contributed by atoms with Gasteiger partial charge in [0.05, 0.1) is 5.56 Å². The summed E-state index contributed by atoms with van der Waals surface area (Å²) in [5.74, 6) is 6.00. The lowest BCUT2D eigenvalue weighted by atomic mass is 9.81. The molecular weight excluding hydrogens is 212 g/mol. The number of phenolic OH excluding ortho intramolecular Hbond substituents is 1. The summed E-state index contributed by atoms with van der Waals surface area (Å²) in [5.41, 5.74) is -0.477. The van der Waals surface area contributed by atoms with E-state index in [-0.39, 0.29) is 17.6 Å². The minimum absolute atomic E-state index is 0.0425. The summed E-state index contributed by atoms with van der Waals surface area (Å²) >= 11 is 0. The van der Waals surface area contributed by atoms with Crippen molar-refractivity contribution >= 4 is 0 Å². The molecule has 92 valence electrons. The lowest BCUT2D eigenvalue weighted by Crippen LogP contribution is -2.39. The van der Waals surface area contributed by atoms with Crippen LogP contribution in [-0.4, -0.2) is 15.8 Å². The molecule has 0 aromatic heterocycles. The smallest absolute Gasteiger partial charge is 0.131 e. The van der Waals surface area contributed by atoms with Gasteiger partial charge in [-0.25, -0.2) is 0 Å². The van der Waals surface area contributed by atoms with Gasteiger partial charge in [-0.1, -0.05) is 51.7 Å². The lowest BCUT2D eigenvalue weighted by Gasteiger charge is -2.30. The highest BCUT2D eigenvalue weighted by Crippen LogP contribution is 2.25. The first-order valence-corrected chi connectivity index (χ1v) is 5.91. The quantitative estimate of drug-likeness (QED) is 0.770. The Morgan fingerprint density at radius 2 is 1.59 bits per heavy atom. The monoisotopic (exact) mass is 232 g/mol. The van der Waals surface area contributed by atoms with Crippen LogP contribution < -0.4 is 0 Å². The van der Waals surface area contributed by atoms with Crippen LogP contribution >= 0.6 is 0 Å². The van der Waals surface area contributed by atoms with Crippen molar-refractivity contribution in [3.63, 3.8) is 0 Å². The van der Waals surface area contributed by atoms with Crippen LogP contribution in [0, 0.1) is 23.7 Å². The maximum Gasteiger partial charge on any atom is 0.131 e. The van der Waals surface area contributed by atoms with E-state index in [2.05, 4.69) is 11.8 Å². The van der Waals surface area contributed by atoms with Crippen LogP contribution in [0.2, 0.25) is 0 Å². The van der Waals surface area contributed by atoms with Gasteiger partial charge in [0.2, 0.25) is 0 Å². The van der Waals surface area contributed by atoms with Crippen LogP contribution in [0.1, 0.15) is 33.3 Å². The molecule has 1 rings (SSSR count). The van der Waals surface area contributed by atoms with E-state index >= 15 is 0 Å². The Morgan fingerprint density at radius 3 is 2.06 bits per heavy atom. The molecule has 2 heteroatoms. The Labute approximate surface area is 103 Å². The molecule has 0 amide bonds. The third kappa shape index (κ3) is 3.01. The molecule has 1 aromatic carbocycles. The van der Waals surface area contributed by atoms with Crippen molar-refractivity contribution in [1.29, 1.82) is 0 Å². The van der Waals surface area contributed by atoms with Crippen LogP contribution in [0.4, 0.5) is 0 Å². The summed E-state index contributed by atoms with van der Waals surface area (Å²) in [6, 6.07) is 6.89. The minimum Gasteiger partial charge on any atom is -0.507 e. The summed E-state index contributed by atoms with van der Waals surface area (Å²) in [5, 5.41) is 20.1. The number of hydrogen-bond donors (Lipinski definition) is 2. The van der Waals surface area contributed by atoms with Gasteiger partial charge >= 0.3 is 0 Å². The number of aliphatic hydroxyl groups is 1. The fourth-order valence-corrected chi connectivity index (χ4v) is 1.70. The highest BCUT2D eigenvalue weighted by atomic mass is 16.3. The average Bonchev–Trinajstić information content (AvgIpc) is 2.27. The van der Waals surface area contributed by atoms with Crippen LogP contribution in [0.5, 0.6) is 5.75 Å². The summed E-state index contributed by atoms with van der Waals surface area (Å²) in [4.78, 5) is 0. The van der Waals surface area contributed by atoms with E-state index in [1.165, 1.54) is 0 Å². The van der Waals surface area contributed by atoms with Gasteiger partial charge in [0.25, 0.3) is 0 Å². The number of para-hydroxylation sites is 1. The van der Waals surface area contributed by atoms with Crippen molar-refractivity contribution in [3.05, 3.63) is 29.8 Å². The second-order valence-electron chi connectivity index (χ2n) is 4.90. The summed E-state index contributed by atoms with van der Waals surface area (Å²) in [7, 11) is 0. The zero-order chi connectivity index (χ0) is 13.1. The summed E-state index contributed by atoms with van der Waals surface area (Å²) in [6.45, 7) is 7.78. The number of phenols is 1. The zero-order valence-electron chi connectivity index (χ0n) is 10.9. The predicted molar refractivity (Wildman–Crippen MR) is 69.6 cm³/mol. The Hall–Kier alpha value is -1.46. The van der Waals surface area contributed by atoms with Crippen LogP contribution in [0.3, 0.4) is 0 Å². The molecule has 0 aliphatic heterocycles. The molecule has 0 radical (unpaired) electrons. The number of benzene rings is 1. The third-order valence-corrected chi connectivity index (χ3v) is 3.06. The Kier molecular flexibility index (Phi) is 4.20. The van der Waals surface area contributed by atoms with E-state index in [0.717, 1.165) is 0 Å². The second-order valence-corrected chi connectivity index (χ2v) is 4.90. The van der Waals surface area contributed by atoms with E-state index < -0.39 is 5.60 Å². The third-order valence-electron chi connectivity index (χ3n) is 3.06. The molecule has 0 atom stereocenters. The molecule has 0 saturated carbocycles. The van der Waals surface area contributed by atoms with E-state index in [1.54, 1.807) is 18.2 Å². The standard InChI is InChI=1S/C15H20O2/c1-11(2)15(17,12(3)4)10-9-13-7-5-6-8-14(13)16/h5-8,11-12,16-17H,1-4H3. The van der Waals surface area contributed by atoms with Gasteiger partial charge in [-0.3, -0.25) is 0 Å². The fourth-order valence-electron chi connectivity index (χ4n) is 1.70. The second kappa shape index (κ2) is 5.25. The molecule has 0 aliphatic rings. The Balaban J connectivity index is 3.09. The normalized spacial score (nSPS) is 11.5. The Morgan fingerprint density at radius 1 is 1.06 bits per heavy atom. The van der Waals surface area contributed by atoms with Gasteiger partial charge in [0, 0.05) is 0 Å². The van der Waals surface area contributed by atoms with E-state index in [0.29, 0.717) is 5.56 Å². The average molecular weight is 232 g/mol. The molecule has 0 saturated heterocycles. The molecule has 0 unspecified atom stereocenters. The molecular formula is C15H20O2. The Bertz CT molecular complexity index is 428. The van der Waals surface area contributed by atoms with Gasteiger partial charge in [-0.05, 0) is 24.0 Å². The molecule has 2 N–H and O–H groups in total. The predicted octanol–water partition coefficient (Wildman–Crippen LogP) is 2.79. The maximum absolute atomic E-state index is 10.5. The molecule has 0 fully saturated rings. The highest BCUT2D eigenvalue weighted by Gasteiger charge is 2.32. The van der Waals surface area contributed by atoms with Gasteiger partial charge in [-0.15, -0.1) is 0 Å². The first kappa shape index (κ1) is 13.6. The molecule has 0 bridgehead atoms. The van der Waals surface area contributed by atoms with Crippen molar-refractivity contribution in [2.75, 3.05) is 0 Å². The van der Waals surface area contributed by atoms with Crippen molar-refractivity contribution in [2.45, 2.75) is 33.3 Å². The first-order valence-electron chi connectivity index (χ1n) is 5.91. The molecule has 0 heterocycles.